The molecule has 24 heavy (non-hydrogen) atoms. The molecule has 1 aromatic heterocycles. The van der Waals surface area contributed by atoms with Gasteiger partial charge in [0.1, 0.15) is 17.4 Å². The van der Waals surface area contributed by atoms with Crippen LogP contribution in [0.25, 0.3) is 0 Å². The van der Waals surface area contributed by atoms with Gasteiger partial charge in [0.25, 0.3) is 0 Å². The summed E-state index contributed by atoms with van der Waals surface area (Å²) in [6, 6.07) is 15.0. The van der Waals surface area contributed by atoms with Gasteiger partial charge in [-0.15, -0.1) is 0 Å². The fourth-order valence-corrected chi connectivity index (χ4v) is 3.75. The van der Waals surface area contributed by atoms with Gasteiger partial charge in [0, 0.05) is 12.3 Å². The summed E-state index contributed by atoms with van der Waals surface area (Å²) in [6.45, 7) is 0.510. The number of hydrogen-bond donors (Lipinski definition) is 0. The largest absolute Gasteiger partial charge is 0.424 e. The van der Waals surface area contributed by atoms with E-state index in [4.69, 9.17) is 4.74 Å². The van der Waals surface area contributed by atoms with E-state index in [1.807, 2.05) is 24.3 Å². The average molecular weight is 341 g/mol. The monoisotopic (exact) mass is 341 g/mol. The Bertz CT molecular complexity index is 918. The summed E-state index contributed by atoms with van der Waals surface area (Å²) in [5.41, 5.74) is 1.01. The van der Waals surface area contributed by atoms with Crippen molar-refractivity contribution in [3.63, 3.8) is 0 Å². The molecule has 0 saturated carbocycles. The zero-order chi connectivity index (χ0) is 16.5. The molecule has 1 unspecified atom stereocenters. The van der Waals surface area contributed by atoms with Gasteiger partial charge in [-0.25, -0.2) is 13.6 Å². The molecule has 2 aromatic carbocycles. The van der Waals surface area contributed by atoms with Crippen molar-refractivity contribution < 1.29 is 13.3 Å². The second kappa shape index (κ2) is 6.01. The SMILES string of the molecule is O=S1c2ccccc2CN1c1ccnc(Oc2ccc(F)cc2)n1. The highest BCUT2D eigenvalue weighted by Crippen LogP contribution is 2.31. The van der Waals surface area contributed by atoms with Crippen molar-refractivity contribution in [3.05, 3.63) is 72.2 Å². The highest BCUT2D eigenvalue weighted by molar-refractivity contribution is 7.86. The highest BCUT2D eigenvalue weighted by atomic mass is 32.2. The van der Waals surface area contributed by atoms with Crippen LogP contribution >= 0.6 is 0 Å². The van der Waals surface area contributed by atoms with Gasteiger partial charge in [0.05, 0.1) is 11.4 Å². The number of ether oxygens (including phenoxy) is 1. The third-order valence-electron chi connectivity index (χ3n) is 3.57. The number of nitrogens with zero attached hydrogens (tertiary/aromatic N) is 3. The Labute approximate surface area is 140 Å². The molecule has 1 atom stereocenters. The maximum Gasteiger partial charge on any atom is 0.323 e. The van der Waals surface area contributed by atoms with Crippen molar-refractivity contribution in [2.45, 2.75) is 11.4 Å². The summed E-state index contributed by atoms with van der Waals surface area (Å²) in [5.74, 6) is 0.596. The smallest absolute Gasteiger partial charge is 0.323 e. The Morgan fingerprint density at radius 3 is 2.67 bits per heavy atom. The van der Waals surface area contributed by atoms with Crippen LogP contribution in [0.2, 0.25) is 0 Å². The van der Waals surface area contributed by atoms with Gasteiger partial charge in [0.15, 0.2) is 11.0 Å². The second-order valence-corrected chi connectivity index (χ2v) is 6.53. The minimum atomic E-state index is -1.31. The van der Waals surface area contributed by atoms with E-state index in [2.05, 4.69) is 9.97 Å². The number of rotatable bonds is 3. The van der Waals surface area contributed by atoms with E-state index in [0.29, 0.717) is 18.1 Å². The lowest BCUT2D eigenvalue weighted by Crippen LogP contribution is -2.19. The first-order valence-corrected chi connectivity index (χ1v) is 8.35. The standard InChI is InChI=1S/C17H12FN3O2S/c18-13-5-7-14(8-6-13)23-17-19-10-9-16(20-17)21-11-12-3-1-2-4-15(12)24(21)22/h1-10H,11H2. The molecule has 0 fully saturated rings. The molecule has 0 radical (unpaired) electrons. The molecular weight excluding hydrogens is 329 g/mol. The minimum Gasteiger partial charge on any atom is -0.424 e. The Kier molecular flexibility index (Phi) is 3.70. The second-order valence-electron chi connectivity index (χ2n) is 5.15. The van der Waals surface area contributed by atoms with Crippen molar-refractivity contribution in [2.24, 2.45) is 0 Å². The number of anilines is 1. The van der Waals surface area contributed by atoms with Gasteiger partial charge in [-0.05, 0) is 35.9 Å². The fourth-order valence-electron chi connectivity index (χ4n) is 2.43. The van der Waals surface area contributed by atoms with Crippen LogP contribution in [0.4, 0.5) is 10.2 Å². The molecule has 4 rings (SSSR count). The molecule has 0 spiro atoms. The molecule has 1 aliphatic rings. The van der Waals surface area contributed by atoms with Gasteiger partial charge >= 0.3 is 6.01 Å². The zero-order valence-corrected chi connectivity index (χ0v) is 13.2. The van der Waals surface area contributed by atoms with E-state index in [-0.39, 0.29) is 11.8 Å². The third-order valence-corrected chi connectivity index (χ3v) is 5.06. The molecule has 0 aliphatic carbocycles. The molecule has 0 amide bonds. The lowest BCUT2D eigenvalue weighted by molar-refractivity contribution is 0.441. The van der Waals surface area contributed by atoms with E-state index >= 15 is 0 Å². The molecule has 5 nitrogen and oxygen atoms in total. The maximum atomic E-state index is 12.9. The molecular formula is C17H12FN3O2S. The number of aromatic nitrogens is 2. The normalized spacial score (nSPS) is 16.0. The molecule has 3 aromatic rings. The van der Waals surface area contributed by atoms with Crippen LogP contribution < -0.4 is 9.04 Å². The lowest BCUT2D eigenvalue weighted by atomic mass is 10.2. The van der Waals surface area contributed by atoms with E-state index in [1.54, 1.807) is 16.6 Å². The predicted molar refractivity (Wildman–Crippen MR) is 87.5 cm³/mol. The Hall–Kier alpha value is -2.80. The number of benzene rings is 2. The first kappa shape index (κ1) is 14.8. The van der Waals surface area contributed by atoms with Crippen molar-refractivity contribution in [1.82, 2.24) is 9.97 Å². The summed E-state index contributed by atoms with van der Waals surface area (Å²) in [7, 11) is -1.31. The van der Waals surface area contributed by atoms with E-state index in [1.165, 1.54) is 24.3 Å². The van der Waals surface area contributed by atoms with Crippen LogP contribution in [-0.4, -0.2) is 14.2 Å². The number of fused-ring (bicyclic) bond motifs is 1. The van der Waals surface area contributed by atoms with Crippen LogP contribution in [0.3, 0.4) is 0 Å². The molecule has 0 N–H and O–H groups in total. The summed E-state index contributed by atoms with van der Waals surface area (Å²) in [5, 5.41) is 0. The Morgan fingerprint density at radius 2 is 1.88 bits per heavy atom. The maximum absolute atomic E-state index is 12.9. The molecule has 1 aliphatic heterocycles. The topological polar surface area (TPSA) is 55.3 Å². The van der Waals surface area contributed by atoms with Crippen molar-refractivity contribution in [3.8, 4) is 11.8 Å². The van der Waals surface area contributed by atoms with Gasteiger partial charge in [-0.2, -0.15) is 4.98 Å². The summed E-state index contributed by atoms with van der Waals surface area (Å²) in [4.78, 5) is 9.15. The average Bonchev–Trinajstić information content (AvgIpc) is 2.95. The van der Waals surface area contributed by atoms with E-state index in [9.17, 15) is 8.60 Å². The zero-order valence-electron chi connectivity index (χ0n) is 12.4. The lowest BCUT2D eigenvalue weighted by Gasteiger charge is -2.15. The first-order valence-electron chi connectivity index (χ1n) is 7.24. The molecule has 2 heterocycles. The van der Waals surface area contributed by atoms with Crippen LogP contribution in [-0.2, 0) is 17.5 Å². The van der Waals surface area contributed by atoms with Crippen molar-refractivity contribution >= 4 is 16.8 Å². The van der Waals surface area contributed by atoms with Gasteiger partial charge in [-0.3, -0.25) is 4.31 Å². The Morgan fingerprint density at radius 1 is 1.08 bits per heavy atom. The van der Waals surface area contributed by atoms with Gasteiger partial charge < -0.3 is 4.74 Å². The first-order chi connectivity index (χ1) is 11.7. The summed E-state index contributed by atoms with van der Waals surface area (Å²) in [6.07, 6.45) is 1.54. The van der Waals surface area contributed by atoms with Crippen LogP contribution in [0.15, 0.2) is 65.7 Å². The van der Waals surface area contributed by atoms with Crippen LogP contribution in [0.1, 0.15) is 5.56 Å². The van der Waals surface area contributed by atoms with Crippen molar-refractivity contribution in [1.29, 1.82) is 0 Å². The van der Waals surface area contributed by atoms with Crippen LogP contribution in [0, 0.1) is 5.82 Å². The number of halogens is 1. The van der Waals surface area contributed by atoms with E-state index < -0.39 is 11.0 Å². The quantitative estimate of drug-likeness (QED) is 0.732. The van der Waals surface area contributed by atoms with Crippen LogP contribution in [0.5, 0.6) is 11.8 Å². The predicted octanol–water partition coefficient (Wildman–Crippen LogP) is 3.45. The van der Waals surface area contributed by atoms with Crippen molar-refractivity contribution in [2.75, 3.05) is 4.31 Å². The molecule has 0 bridgehead atoms. The van der Waals surface area contributed by atoms with Gasteiger partial charge in [0.2, 0.25) is 0 Å². The van der Waals surface area contributed by atoms with E-state index in [0.717, 1.165) is 10.5 Å². The Balaban J connectivity index is 1.60. The minimum absolute atomic E-state index is 0.118. The number of hydrogen-bond acceptors (Lipinski definition) is 4. The highest BCUT2D eigenvalue weighted by Gasteiger charge is 2.28. The molecule has 0 saturated heterocycles. The van der Waals surface area contributed by atoms with Gasteiger partial charge in [-0.1, -0.05) is 18.2 Å². The fraction of sp³-hybridized carbons (Fsp3) is 0.0588. The third kappa shape index (κ3) is 2.74. The molecule has 7 heteroatoms. The summed E-state index contributed by atoms with van der Waals surface area (Å²) >= 11 is 0. The molecule has 120 valence electrons. The summed E-state index contributed by atoms with van der Waals surface area (Å²) < 4.78 is 32.8.